The molecular weight excluding hydrogens is 488 g/mol. The fraction of sp³-hybridized carbons (Fsp3) is 0.172. The molecule has 186 valence electrons. The molecule has 1 amide bonds. The number of amides is 1. The second kappa shape index (κ2) is 9.29. The lowest BCUT2D eigenvalue weighted by Crippen LogP contribution is -2.29. The normalized spacial score (nSPS) is 17.0. The minimum Gasteiger partial charge on any atom is -0.507 e. The number of fused-ring (bicyclic) bond motifs is 1. The molecule has 1 aliphatic heterocycles. The zero-order valence-corrected chi connectivity index (χ0v) is 21.6. The van der Waals surface area contributed by atoms with Gasteiger partial charge in [0.1, 0.15) is 5.76 Å². The molecule has 5 rings (SSSR count). The maximum absolute atomic E-state index is 13.5. The summed E-state index contributed by atoms with van der Waals surface area (Å²) >= 11 is 1.30. The second-order valence-corrected chi connectivity index (χ2v) is 10.1. The number of hydrogen-bond acceptors (Lipinski definition) is 7. The molecule has 1 aliphatic rings. The van der Waals surface area contributed by atoms with Gasteiger partial charge in [-0.15, -0.1) is 0 Å². The Kier molecular flexibility index (Phi) is 6.13. The number of ketones is 1. The molecular formula is C29H24N2O5S. The Morgan fingerprint density at radius 1 is 0.973 bits per heavy atom. The van der Waals surface area contributed by atoms with Crippen LogP contribution in [0.1, 0.15) is 44.2 Å². The molecule has 0 aliphatic carbocycles. The molecule has 1 N–H and O–H groups in total. The number of aliphatic hydroxyl groups is 1. The standard InChI is InChI=1S/C29H24N2O5S/c1-15-5-7-17(3)20(13-15)25(32)23-24(18-8-10-19(11-9-18)28(35)36-4)31(27(34)26(23)33)29-30-21-12-6-16(2)14-22(21)37-29/h5-14,24,32H,1-4H3. The molecule has 7 nitrogen and oxygen atoms in total. The maximum atomic E-state index is 13.5. The van der Waals surface area contributed by atoms with Crippen molar-refractivity contribution >= 4 is 50.1 Å². The van der Waals surface area contributed by atoms with Crippen LogP contribution in [0.15, 0.2) is 66.2 Å². The van der Waals surface area contributed by atoms with Crippen LogP contribution in [0.5, 0.6) is 0 Å². The third-order valence-electron chi connectivity index (χ3n) is 6.48. The predicted molar refractivity (Wildman–Crippen MR) is 143 cm³/mol. The Morgan fingerprint density at radius 2 is 1.65 bits per heavy atom. The highest BCUT2D eigenvalue weighted by molar-refractivity contribution is 7.22. The Bertz CT molecular complexity index is 1620. The van der Waals surface area contributed by atoms with Crippen molar-refractivity contribution in [1.29, 1.82) is 0 Å². The number of ether oxygens (including phenoxy) is 1. The molecule has 4 aromatic rings. The van der Waals surface area contributed by atoms with E-state index >= 15 is 0 Å². The molecule has 0 saturated carbocycles. The zero-order chi connectivity index (χ0) is 26.4. The van der Waals surface area contributed by atoms with Crippen molar-refractivity contribution in [2.24, 2.45) is 0 Å². The third-order valence-corrected chi connectivity index (χ3v) is 7.50. The summed E-state index contributed by atoms with van der Waals surface area (Å²) < 4.78 is 5.68. The molecule has 1 fully saturated rings. The molecule has 3 aromatic carbocycles. The number of esters is 1. The summed E-state index contributed by atoms with van der Waals surface area (Å²) in [4.78, 5) is 44.9. The minimum atomic E-state index is -0.937. The van der Waals surface area contributed by atoms with E-state index in [1.807, 2.05) is 51.1 Å². The first-order valence-electron chi connectivity index (χ1n) is 11.6. The van der Waals surface area contributed by atoms with Crippen LogP contribution >= 0.6 is 11.3 Å². The molecule has 0 radical (unpaired) electrons. The molecule has 0 bridgehead atoms. The van der Waals surface area contributed by atoms with Gasteiger partial charge in [0, 0.05) is 5.56 Å². The Morgan fingerprint density at radius 3 is 2.35 bits per heavy atom. The lowest BCUT2D eigenvalue weighted by atomic mass is 9.93. The van der Waals surface area contributed by atoms with Gasteiger partial charge in [0.2, 0.25) is 0 Å². The number of rotatable bonds is 4. The molecule has 0 spiro atoms. The zero-order valence-electron chi connectivity index (χ0n) is 20.7. The summed E-state index contributed by atoms with van der Waals surface area (Å²) in [6.07, 6.45) is 0. The second-order valence-electron chi connectivity index (χ2n) is 9.07. The van der Waals surface area contributed by atoms with Gasteiger partial charge in [-0.1, -0.05) is 47.2 Å². The number of nitrogens with zero attached hydrogens (tertiary/aromatic N) is 2. The molecule has 1 unspecified atom stereocenters. The van der Waals surface area contributed by atoms with E-state index in [1.54, 1.807) is 30.3 Å². The number of benzene rings is 3. The van der Waals surface area contributed by atoms with Crippen molar-refractivity contribution in [2.75, 3.05) is 12.0 Å². The van der Waals surface area contributed by atoms with E-state index in [2.05, 4.69) is 4.98 Å². The first-order chi connectivity index (χ1) is 17.7. The van der Waals surface area contributed by atoms with Gasteiger partial charge in [-0.05, 0) is 67.8 Å². The van der Waals surface area contributed by atoms with Crippen LogP contribution in [0, 0.1) is 20.8 Å². The van der Waals surface area contributed by atoms with Crippen LogP contribution in [-0.4, -0.2) is 34.9 Å². The monoisotopic (exact) mass is 512 g/mol. The number of aromatic nitrogens is 1. The summed E-state index contributed by atoms with van der Waals surface area (Å²) in [5, 5.41) is 11.8. The summed E-state index contributed by atoms with van der Waals surface area (Å²) in [5.74, 6) is -2.32. The van der Waals surface area contributed by atoms with E-state index in [0.717, 1.165) is 21.4 Å². The molecule has 1 saturated heterocycles. The van der Waals surface area contributed by atoms with Gasteiger partial charge in [0.15, 0.2) is 5.13 Å². The Balaban J connectivity index is 1.73. The topological polar surface area (TPSA) is 96.8 Å². The fourth-order valence-corrected chi connectivity index (χ4v) is 5.61. The number of carbonyl (C=O) groups excluding carboxylic acids is 3. The number of methoxy groups -OCH3 is 1. The lowest BCUT2D eigenvalue weighted by Gasteiger charge is -2.23. The van der Waals surface area contributed by atoms with Gasteiger partial charge in [0.05, 0.1) is 34.5 Å². The van der Waals surface area contributed by atoms with E-state index in [-0.39, 0.29) is 11.3 Å². The van der Waals surface area contributed by atoms with Gasteiger partial charge in [-0.25, -0.2) is 9.78 Å². The first-order valence-corrected chi connectivity index (χ1v) is 12.5. The SMILES string of the molecule is COC(=O)c1ccc(C2C(=C(O)c3cc(C)ccc3C)C(=O)C(=O)N2c2nc3ccc(C)cc3s2)cc1. The molecule has 2 heterocycles. The molecule has 8 heteroatoms. The maximum Gasteiger partial charge on any atom is 0.337 e. The van der Waals surface area contributed by atoms with Gasteiger partial charge in [0.25, 0.3) is 5.78 Å². The summed E-state index contributed by atoms with van der Waals surface area (Å²) in [5.41, 5.74) is 4.76. The lowest BCUT2D eigenvalue weighted by molar-refractivity contribution is -0.132. The highest BCUT2D eigenvalue weighted by Gasteiger charge is 2.48. The van der Waals surface area contributed by atoms with Crippen molar-refractivity contribution in [1.82, 2.24) is 4.98 Å². The van der Waals surface area contributed by atoms with Crippen LogP contribution in [0.3, 0.4) is 0 Å². The number of Topliss-reactive ketones (excluding diaryl/α,β-unsaturated/α-hetero) is 1. The van der Waals surface area contributed by atoms with E-state index in [4.69, 9.17) is 4.74 Å². The van der Waals surface area contributed by atoms with Gasteiger partial charge >= 0.3 is 11.9 Å². The van der Waals surface area contributed by atoms with Crippen LogP contribution in [0.25, 0.3) is 16.0 Å². The molecule has 1 aromatic heterocycles. The van der Waals surface area contributed by atoms with Crippen LogP contribution < -0.4 is 4.90 Å². The van der Waals surface area contributed by atoms with Crippen molar-refractivity contribution in [3.05, 3.63) is 99.6 Å². The van der Waals surface area contributed by atoms with Crippen LogP contribution in [0.2, 0.25) is 0 Å². The van der Waals surface area contributed by atoms with Gasteiger partial charge in [-0.2, -0.15) is 0 Å². The number of carbonyl (C=O) groups is 3. The number of anilines is 1. The van der Waals surface area contributed by atoms with Gasteiger partial charge < -0.3 is 9.84 Å². The van der Waals surface area contributed by atoms with Crippen LogP contribution in [0.4, 0.5) is 5.13 Å². The average Bonchev–Trinajstić information content (AvgIpc) is 3.42. The van der Waals surface area contributed by atoms with E-state index in [1.165, 1.54) is 23.3 Å². The smallest absolute Gasteiger partial charge is 0.337 e. The van der Waals surface area contributed by atoms with Crippen LogP contribution in [-0.2, 0) is 14.3 Å². The summed E-state index contributed by atoms with van der Waals surface area (Å²) in [6, 6.07) is 16.9. The Labute approximate surface area is 217 Å². The van der Waals surface area contributed by atoms with Crippen molar-refractivity contribution < 1.29 is 24.2 Å². The minimum absolute atomic E-state index is 0.0278. The number of hydrogen-bond donors (Lipinski definition) is 1. The number of thiazole rings is 1. The third kappa shape index (κ3) is 4.19. The largest absolute Gasteiger partial charge is 0.507 e. The highest BCUT2D eigenvalue weighted by Crippen LogP contribution is 2.44. The quantitative estimate of drug-likeness (QED) is 0.165. The highest BCUT2D eigenvalue weighted by atomic mass is 32.1. The van der Waals surface area contributed by atoms with Gasteiger partial charge in [-0.3, -0.25) is 14.5 Å². The predicted octanol–water partition coefficient (Wildman–Crippen LogP) is 5.63. The van der Waals surface area contributed by atoms with Crippen molar-refractivity contribution in [2.45, 2.75) is 26.8 Å². The first kappa shape index (κ1) is 24.4. The fourth-order valence-electron chi connectivity index (χ4n) is 4.52. The number of aliphatic hydroxyl groups excluding tert-OH is 1. The Hall–Kier alpha value is -4.30. The summed E-state index contributed by atoms with van der Waals surface area (Å²) in [6.45, 7) is 5.69. The molecule has 1 atom stereocenters. The van der Waals surface area contributed by atoms with Crippen molar-refractivity contribution in [3.63, 3.8) is 0 Å². The average molecular weight is 513 g/mol. The molecule has 37 heavy (non-hydrogen) atoms. The van der Waals surface area contributed by atoms with E-state index in [0.29, 0.717) is 27.3 Å². The van der Waals surface area contributed by atoms with E-state index < -0.39 is 23.7 Å². The van der Waals surface area contributed by atoms with E-state index in [9.17, 15) is 19.5 Å². The number of aryl methyl sites for hydroxylation is 3. The van der Waals surface area contributed by atoms with Crippen molar-refractivity contribution in [3.8, 4) is 0 Å². The summed E-state index contributed by atoms with van der Waals surface area (Å²) in [7, 11) is 1.30.